The van der Waals surface area contributed by atoms with Crippen LogP contribution in [0.2, 0.25) is 0 Å². The summed E-state index contributed by atoms with van der Waals surface area (Å²) in [5.74, 6) is 0.435. The first kappa shape index (κ1) is 15.4. The number of allylic oxidation sites excluding steroid dienone is 1. The number of para-hydroxylation sites is 2. The van der Waals surface area contributed by atoms with Crippen molar-refractivity contribution in [1.29, 1.82) is 0 Å². The number of anilines is 2. The molecule has 1 saturated carbocycles. The lowest BCUT2D eigenvalue weighted by Gasteiger charge is -2.38. The minimum absolute atomic E-state index is 0.0548. The van der Waals surface area contributed by atoms with Crippen LogP contribution in [-0.4, -0.2) is 31.4 Å². The maximum absolute atomic E-state index is 12.8. The lowest BCUT2D eigenvalue weighted by molar-refractivity contribution is -0.145. The molecule has 2 aliphatic heterocycles. The Morgan fingerprint density at radius 1 is 1.25 bits per heavy atom. The van der Waals surface area contributed by atoms with E-state index in [1.54, 1.807) is 0 Å². The van der Waals surface area contributed by atoms with Gasteiger partial charge in [0.15, 0.2) is 6.23 Å². The lowest BCUT2D eigenvalue weighted by atomic mass is 9.97. The summed E-state index contributed by atoms with van der Waals surface area (Å²) in [7, 11) is 2.00. The van der Waals surface area contributed by atoms with Crippen molar-refractivity contribution in [1.82, 2.24) is 0 Å². The van der Waals surface area contributed by atoms with Crippen LogP contribution in [0.3, 0.4) is 0 Å². The van der Waals surface area contributed by atoms with Crippen molar-refractivity contribution in [3.8, 4) is 0 Å². The van der Waals surface area contributed by atoms with E-state index in [0.29, 0.717) is 11.3 Å². The monoisotopic (exact) mass is 328 g/mol. The number of nitrogens with zero attached hydrogens (tertiary/aromatic N) is 1. The van der Waals surface area contributed by atoms with Gasteiger partial charge in [0.1, 0.15) is 23.5 Å². The van der Waals surface area contributed by atoms with Crippen LogP contribution < -0.4 is 10.2 Å². The number of hydrogen-bond donors (Lipinski definition) is 1. The van der Waals surface area contributed by atoms with Crippen molar-refractivity contribution in [3.05, 3.63) is 35.6 Å². The molecular weight excluding hydrogens is 304 g/mol. The second-order valence-electron chi connectivity index (χ2n) is 6.89. The van der Waals surface area contributed by atoms with Gasteiger partial charge in [0.05, 0.1) is 11.4 Å². The van der Waals surface area contributed by atoms with Crippen LogP contribution in [0, 0.1) is 0 Å². The normalized spacial score (nSPS) is 26.3. The third-order valence-corrected chi connectivity index (χ3v) is 5.30. The molecule has 1 aromatic carbocycles. The molecule has 0 bridgehead atoms. The molecule has 0 aromatic heterocycles. The zero-order valence-corrected chi connectivity index (χ0v) is 14.2. The van der Waals surface area contributed by atoms with Gasteiger partial charge in [-0.1, -0.05) is 18.6 Å². The SMILES string of the molecule is CC1=C(C(=O)OC2CCCCC2)[C@H]2Nc3ccccc3N(C)[C@H]2O1. The average Bonchev–Trinajstić information content (AvgIpc) is 2.92. The first-order valence-corrected chi connectivity index (χ1v) is 8.82. The maximum Gasteiger partial charge on any atom is 0.340 e. The number of hydrogen-bond acceptors (Lipinski definition) is 5. The van der Waals surface area contributed by atoms with Crippen molar-refractivity contribution in [2.24, 2.45) is 0 Å². The Labute approximate surface area is 142 Å². The topological polar surface area (TPSA) is 50.8 Å². The molecule has 5 nitrogen and oxygen atoms in total. The number of ether oxygens (including phenoxy) is 2. The smallest absolute Gasteiger partial charge is 0.340 e. The molecule has 1 fully saturated rings. The number of carbonyl (C=O) groups excluding carboxylic acids is 1. The van der Waals surface area contributed by atoms with Gasteiger partial charge in [-0.05, 0) is 44.7 Å². The molecule has 128 valence electrons. The predicted molar refractivity (Wildman–Crippen MR) is 92.8 cm³/mol. The Hall–Kier alpha value is -2.17. The molecular formula is C19H24N2O3. The number of rotatable bonds is 2. The summed E-state index contributed by atoms with van der Waals surface area (Å²) < 4.78 is 11.8. The van der Waals surface area contributed by atoms with Crippen molar-refractivity contribution >= 4 is 17.3 Å². The summed E-state index contributed by atoms with van der Waals surface area (Å²) in [5.41, 5.74) is 2.72. The minimum atomic E-state index is -0.229. The van der Waals surface area contributed by atoms with Crippen LogP contribution in [0.4, 0.5) is 11.4 Å². The van der Waals surface area contributed by atoms with Crippen LogP contribution in [0.5, 0.6) is 0 Å². The average molecular weight is 328 g/mol. The fourth-order valence-corrected chi connectivity index (χ4v) is 4.00. The highest BCUT2D eigenvalue weighted by Crippen LogP contribution is 2.40. The van der Waals surface area contributed by atoms with Gasteiger partial charge in [0.25, 0.3) is 0 Å². The molecule has 3 aliphatic rings. The van der Waals surface area contributed by atoms with Gasteiger partial charge in [-0.2, -0.15) is 0 Å². The fraction of sp³-hybridized carbons (Fsp3) is 0.526. The summed E-state index contributed by atoms with van der Waals surface area (Å²) in [6.07, 6.45) is 5.33. The molecule has 0 unspecified atom stereocenters. The van der Waals surface area contributed by atoms with Crippen molar-refractivity contribution in [2.75, 3.05) is 17.3 Å². The maximum atomic E-state index is 12.8. The Kier molecular flexibility index (Phi) is 3.87. The van der Waals surface area contributed by atoms with Crippen LogP contribution in [-0.2, 0) is 14.3 Å². The zero-order chi connectivity index (χ0) is 16.7. The summed E-state index contributed by atoms with van der Waals surface area (Å²) in [6.45, 7) is 1.86. The van der Waals surface area contributed by atoms with Crippen molar-refractivity contribution < 1.29 is 14.3 Å². The molecule has 0 saturated heterocycles. The molecule has 1 N–H and O–H groups in total. The van der Waals surface area contributed by atoms with Gasteiger partial charge >= 0.3 is 5.97 Å². The highest BCUT2D eigenvalue weighted by atomic mass is 16.6. The Balaban J connectivity index is 1.56. The summed E-state index contributed by atoms with van der Waals surface area (Å²) >= 11 is 0. The molecule has 24 heavy (non-hydrogen) atoms. The van der Waals surface area contributed by atoms with Gasteiger partial charge in [-0.3, -0.25) is 0 Å². The highest BCUT2D eigenvalue weighted by molar-refractivity contribution is 5.93. The Morgan fingerprint density at radius 2 is 2.00 bits per heavy atom. The van der Waals surface area contributed by atoms with Crippen molar-refractivity contribution in [3.63, 3.8) is 0 Å². The second kappa shape index (κ2) is 6.04. The van der Waals surface area contributed by atoms with E-state index in [9.17, 15) is 4.79 Å². The number of nitrogens with one attached hydrogen (secondary N) is 1. The zero-order valence-electron chi connectivity index (χ0n) is 14.2. The van der Waals surface area contributed by atoms with Crippen LogP contribution in [0.1, 0.15) is 39.0 Å². The van der Waals surface area contributed by atoms with Crippen LogP contribution in [0.15, 0.2) is 35.6 Å². The number of esters is 1. The molecule has 2 heterocycles. The summed E-state index contributed by atoms with van der Waals surface area (Å²) in [6, 6.07) is 7.88. The van der Waals surface area contributed by atoms with Gasteiger partial charge in [0, 0.05) is 7.05 Å². The van der Waals surface area contributed by atoms with E-state index in [-0.39, 0.29) is 24.3 Å². The summed E-state index contributed by atoms with van der Waals surface area (Å²) in [5, 5.41) is 3.46. The molecule has 1 aromatic rings. The Morgan fingerprint density at radius 3 is 2.79 bits per heavy atom. The van der Waals surface area contributed by atoms with Crippen molar-refractivity contribution in [2.45, 2.75) is 57.4 Å². The largest absolute Gasteiger partial charge is 0.472 e. The van der Waals surface area contributed by atoms with Gasteiger partial charge in [-0.25, -0.2) is 4.79 Å². The number of carbonyl (C=O) groups is 1. The third kappa shape index (κ3) is 2.52. The van der Waals surface area contributed by atoms with Crippen LogP contribution >= 0.6 is 0 Å². The molecule has 4 rings (SSSR count). The number of fused-ring (bicyclic) bond motifs is 2. The lowest BCUT2D eigenvalue weighted by Crippen LogP contribution is -2.49. The van der Waals surface area contributed by atoms with E-state index in [1.807, 2.05) is 32.2 Å². The third-order valence-electron chi connectivity index (χ3n) is 5.30. The van der Waals surface area contributed by atoms with E-state index in [2.05, 4.69) is 16.3 Å². The van der Waals surface area contributed by atoms with E-state index in [4.69, 9.17) is 9.47 Å². The van der Waals surface area contributed by atoms with E-state index in [0.717, 1.165) is 37.1 Å². The molecule has 0 radical (unpaired) electrons. The van der Waals surface area contributed by atoms with Crippen LogP contribution in [0.25, 0.3) is 0 Å². The number of benzene rings is 1. The van der Waals surface area contributed by atoms with E-state index < -0.39 is 0 Å². The second-order valence-corrected chi connectivity index (χ2v) is 6.89. The molecule has 2 atom stereocenters. The fourth-order valence-electron chi connectivity index (χ4n) is 4.00. The minimum Gasteiger partial charge on any atom is -0.472 e. The first-order valence-electron chi connectivity index (χ1n) is 8.82. The van der Waals surface area contributed by atoms with Gasteiger partial charge < -0.3 is 19.7 Å². The quantitative estimate of drug-likeness (QED) is 0.843. The predicted octanol–water partition coefficient (Wildman–Crippen LogP) is 3.42. The number of likely N-dealkylation sites (N-methyl/N-ethyl adjacent to an activating group) is 1. The molecule has 0 spiro atoms. The Bertz CT molecular complexity index is 679. The highest BCUT2D eigenvalue weighted by Gasteiger charge is 2.45. The standard InChI is InChI=1S/C19H24N2O3/c1-12-16(19(22)24-13-8-4-3-5-9-13)17-18(23-12)21(2)15-11-7-6-10-14(15)20-17/h6-7,10-11,13,17-18,20H,3-5,8-9H2,1-2H3/t17-,18+/m1/s1. The van der Waals surface area contributed by atoms with E-state index in [1.165, 1.54) is 6.42 Å². The van der Waals surface area contributed by atoms with Gasteiger partial charge in [0.2, 0.25) is 0 Å². The molecule has 0 amide bonds. The van der Waals surface area contributed by atoms with Gasteiger partial charge in [-0.15, -0.1) is 0 Å². The van der Waals surface area contributed by atoms with E-state index >= 15 is 0 Å². The summed E-state index contributed by atoms with van der Waals surface area (Å²) in [4.78, 5) is 14.9. The molecule has 1 aliphatic carbocycles. The molecule has 5 heteroatoms. The first-order chi connectivity index (χ1) is 11.6.